The first-order valence-corrected chi connectivity index (χ1v) is 10.4. The Morgan fingerprint density at radius 1 is 1.17 bits per heavy atom. The predicted octanol–water partition coefficient (Wildman–Crippen LogP) is 3.63. The number of anilines is 1. The van der Waals surface area contributed by atoms with E-state index in [9.17, 15) is 9.00 Å². The van der Waals surface area contributed by atoms with Gasteiger partial charge in [0.2, 0.25) is 5.91 Å². The molecule has 1 N–H and O–H groups in total. The number of nitrogens with one attached hydrogen (secondary N) is 1. The van der Waals surface area contributed by atoms with Gasteiger partial charge in [0.15, 0.2) is 0 Å². The highest BCUT2D eigenvalue weighted by Crippen LogP contribution is 2.28. The molecule has 0 heterocycles. The largest absolute Gasteiger partial charge is 0.371 e. The number of benzene rings is 1. The molecule has 1 unspecified atom stereocenters. The summed E-state index contributed by atoms with van der Waals surface area (Å²) in [5.41, 5.74) is 1.78. The van der Waals surface area contributed by atoms with Crippen molar-refractivity contribution in [3.05, 3.63) is 29.8 Å². The molecule has 2 fully saturated rings. The van der Waals surface area contributed by atoms with E-state index in [1.165, 1.54) is 32.1 Å². The van der Waals surface area contributed by atoms with Crippen molar-refractivity contribution in [2.24, 2.45) is 5.92 Å². The minimum Gasteiger partial charge on any atom is -0.371 e. The van der Waals surface area contributed by atoms with Crippen LogP contribution >= 0.6 is 0 Å². The molecule has 0 aromatic heterocycles. The minimum atomic E-state index is -0.819. The monoisotopic (exact) mass is 349 g/mol. The molecule has 1 atom stereocenters. The van der Waals surface area contributed by atoms with Crippen LogP contribution in [0.3, 0.4) is 0 Å². The Hall–Kier alpha value is -1.20. The summed E-state index contributed by atoms with van der Waals surface area (Å²) in [7, 11) is -0.819. The van der Waals surface area contributed by atoms with Gasteiger partial charge in [-0.1, -0.05) is 31.4 Å². The van der Waals surface area contributed by atoms with Gasteiger partial charge < -0.3 is 10.1 Å². The molecule has 2 aliphatic rings. The molecule has 132 valence electrons. The van der Waals surface area contributed by atoms with Gasteiger partial charge in [-0.25, -0.2) is 0 Å². The lowest BCUT2D eigenvalue weighted by Gasteiger charge is -2.21. The van der Waals surface area contributed by atoms with Crippen molar-refractivity contribution in [1.82, 2.24) is 0 Å². The highest BCUT2D eigenvalue weighted by atomic mass is 32.2. The quantitative estimate of drug-likeness (QED) is 0.780. The van der Waals surface area contributed by atoms with Gasteiger partial charge >= 0.3 is 0 Å². The standard InChI is InChI=1S/C19H27NO3S/c21-19(13-23-12-15-9-10-15)20-17-6-4-5-16(11-17)14-24(22)18-7-2-1-3-8-18/h4-6,11,15,18H,1-3,7-10,12-14H2,(H,20,21). The second-order valence-corrected chi connectivity index (χ2v) is 8.71. The fraction of sp³-hybridized carbons (Fsp3) is 0.632. The second-order valence-electron chi connectivity index (χ2n) is 6.99. The van der Waals surface area contributed by atoms with Crippen LogP contribution in [0.25, 0.3) is 0 Å². The van der Waals surface area contributed by atoms with Crippen LogP contribution in [0.4, 0.5) is 5.69 Å². The zero-order valence-electron chi connectivity index (χ0n) is 14.2. The van der Waals surface area contributed by atoms with Gasteiger partial charge in [0, 0.05) is 27.5 Å². The van der Waals surface area contributed by atoms with Gasteiger partial charge in [0.05, 0.1) is 6.61 Å². The third kappa shape index (κ3) is 5.71. The topological polar surface area (TPSA) is 55.4 Å². The molecule has 1 amide bonds. The van der Waals surface area contributed by atoms with Crippen molar-refractivity contribution in [2.75, 3.05) is 18.5 Å². The van der Waals surface area contributed by atoms with Crippen LogP contribution in [-0.4, -0.2) is 28.6 Å². The van der Waals surface area contributed by atoms with E-state index in [0.29, 0.717) is 23.5 Å². The highest BCUT2D eigenvalue weighted by Gasteiger charge is 2.22. The molecule has 0 saturated heterocycles. The molecule has 0 radical (unpaired) electrons. The first-order chi connectivity index (χ1) is 11.7. The minimum absolute atomic E-state index is 0.106. The number of amides is 1. The van der Waals surface area contributed by atoms with Gasteiger partial charge in [-0.3, -0.25) is 9.00 Å². The first kappa shape index (κ1) is 17.6. The molecule has 1 aromatic rings. The van der Waals surface area contributed by atoms with Crippen LogP contribution in [-0.2, 0) is 26.1 Å². The van der Waals surface area contributed by atoms with Crippen LogP contribution < -0.4 is 5.32 Å². The second kappa shape index (κ2) is 8.77. The Kier molecular flexibility index (Phi) is 6.44. The van der Waals surface area contributed by atoms with Crippen LogP contribution in [0.5, 0.6) is 0 Å². The highest BCUT2D eigenvalue weighted by molar-refractivity contribution is 7.84. The van der Waals surface area contributed by atoms with Crippen LogP contribution in [0.15, 0.2) is 24.3 Å². The molecule has 0 aliphatic heterocycles. The Balaban J connectivity index is 1.47. The van der Waals surface area contributed by atoms with E-state index < -0.39 is 10.8 Å². The van der Waals surface area contributed by atoms with E-state index in [0.717, 1.165) is 24.1 Å². The van der Waals surface area contributed by atoms with E-state index in [1.807, 2.05) is 24.3 Å². The van der Waals surface area contributed by atoms with Crippen molar-refractivity contribution in [1.29, 1.82) is 0 Å². The summed E-state index contributed by atoms with van der Waals surface area (Å²) in [4.78, 5) is 11.9. The van der Waals surface area contributed by atoms with Crippen molar-refractivity contribution in [3.8, 4) is 0 Å². The van der Waals surface area contributed by atoms with E-state index in [4.69, 9.17) is 4.74 Å². The van der Waals surface area contributed by atoms with Gasteiger partial charge in [0.25, 0.3) is 0 Å². The van der Waals surface area contributed by atoms with E-state index >= 15 is 0 Å². The Labute approximate surface area is 146 Å². The maximum Gasteiger partial charge on any atom is 0.250 e. The predicted molar refractivity (Wildman–Crippen MR) is 97.3 cm³/mol. The molecule has 1 aromatic carbocycles. The summed E-state index contributed by atoms with van der Waals surface area (Å²) in [6, 6.07) is 7.69. The van der Waals surface area contributed by atoms with Gasteiger partial charge in [-0.2, -0.15) is 0 Å². The fourth-order valence-electron chi connectivity index (χ4n) is 3.15. The summed E-state index contributed by atoms with van der Waals surface area (Å²) >= 11 is 0. The maximum absolute atomic E-state index is 12.5. The summed E-state index contributed by atoms with van der Waals surface area (Å²) in [6.45, 7) is 0.794. The van der Waals surface area contributed by atoms with E-state index in [-0.39, 0.29) is 12.5 Å². The Bertz CT molecular complexity index is 580. The average Bonchev–Trinajstić information content (AvgIpc) is 3.40. The smallest absolute Gasteiger partial charge is 0.250 e. The van der Waals surface area contributed by atoms with Crippen LogP contribution in [0.2, 0.25) is 0 Å². The fourth-order valence-corrected chi connectivity index (χ4v) is 4.75. The molecule has 0 spiro atoms. The number of carbonyl (C=O) groups is 1. The number of hydrogen-bond donors (Lipinski definition) is 1. The van der Waals surface area contributed by atoms with Crippen molar-refractivity contribution < 1.29 is 13.7 Å². The lowest BCUT2D eigenvalue weighted by molar-refractivity contribution is -0.120. The zero-order chi connectivity index (χ0) is 16.8. The maximum atomic E-state index is 12.5. The van der Waals surface area contributed by atoms with Crippen molar-refractivity contribution in [2.45, 2.75) is 55.9 Å². The Morgan fingerprint density at radius 2 is 1.96 bits per heavy atom. The zero-order valence-corrected chi connectivity index (χ0v) is 15.0. The summed E-state index contributed by atoms with van der Waals surface area (Å²) < 4.78 is 17.9. The number of rotatable bonds is 8. The van der Waals surface area contributed by atoms with Gasteiger partial charge in [-0.15, -0.1) is 0 Å². The molecule has 3 rings (SSSR count). The molecule has 5 heteroatoms. The van der Waals surface area contributed by atoms with Crippen LogP contribution in [0, 0.1) is 5.92 Å². The Morgan fingerprint density at radius 3 is 2.71 bits per heavy atom. The molecule has 2 saturated carbocycles. The van der Waals surface area contributed by atoms with E-state index in [1.54, 1.807) is 0 Å². The summed E-state index contributed by atoms with van der Waals surface area (Å²) in [5.74, 6) is 1.11. The SMILES string of the molecule is O=C(COCC1CC1)Nc1cccc(CS(=O)C2CCCCC2)c1. The summed E-state index contributed by atoms with van der Waals surface area (Å²) in [5, 5.41) is 3.21. The average molecular weight is 349 g/mol. The van der Waals surface area contributed by atoms with E-state index in [2.05, 4.69) is 5.32 Å². The van der Waals surface area contributed by atoms with Gasteiger partial charge in [-0.05, 0) is 49.3 Å². The molecule has 24 heavy (non-hydrogen) atoms. The molecule has 4 nitrogen and oxygen atoms in total. The number of hydrogen-bond acceptors (Lipinski definition) is 3. The molecule has 0 bridgehead atoms. The normalized spacial score (nSPS) is 19.8. The van der Waals surface area contributed by atoms with Crippen LogP contribution in [0.1, 0.15) is 50.5 Å². The third-order valence-electron chi connectivity index (χ3n) is 4.73. The first-order valence-electron chi connectivity index (χ1n) is 9.04. The number of ether oxygens (including phenoxy) is 1. The third-order valence-corrected chi connectivity index (χ3v) is 6.56. The molecular formula is C19H27NO3S. The van der Waals surface area contributed by atoms with Crippen molar-refractivity contribution in [3.63, 3.8) is 0 Å². The lowest BCUT2D eigenvalue weighted by atomic mass is 10.0. The van der Waals surface area contributed by atoms with Crippen molar-refractivity contribution >= 4 is 22.4 Å². The lowest BCUT2D eigenvalue weighted by Crippen LogP contribution is -2.20. The molecule has 2 aliphatic carbocycles. The molecular weight excluding hydrogens is 322 g/mol. The number of carbonyl (C=O) groups excluding carboxylic acids is 1. The summed E-state index contributed by atoms with van der Waals surface area (Å²) in [6.07, 6.45) is 8.30. The van der Waals surface area contributed by atoms with Gasteiger partial charge in [0.1, 0.15) is 6.61 Å².